The molecule has 12 heavy (non-hydrogen) atoms. The van der Waals surface area contributed by atoms with Gasteiger partial charge in [0.15, 0.2) is 0 Å². The largest absolute Gasteiger partial charge is 0.389 e. The van der Waals surface area contributed by atoms with Crippen molar-refractivity contribution in [3.05, 3.63) is 24.3 Å². The first-order chi connectivity index (χ1) is 5.75. The topological polar surface area (TPSA) is 92.3 Å². The van der Waals surface area contributed by atoms with Crippen molar-refractivity contribution >= 4 is 0 Å². The normalized spacial score (nSPS) is 15.6. The van der Waals surface area contributed by atoms with Crippen LogP contribution in [0.15, 0.2) is 18.7 Å². The SMILES string of the molecule is NCC(O)C(O)c1cncnc1. The van der Waals surface area contributed by atoms with Crippen molar-refractivity contribution in [3.8, 4) is 0 Å². The van der Waals surface area contributed by atoms with Gasteiger partial charge < -0.3 is 15.9 Å². The summed E-state index contributed by atoms with van der Waals surface area (Å²) in [6, 6.07) is 0. The summed E-state index contributed by atoms with van der Waals surface area (Å²) < 4.78 is 0. The van der Waals surface area contributed by atoms with Gasteiger partial charge in [0.1, 0.15) is 12.4 Å². The molecule has 0 saturated heterocycles. The van der Waals surface area contributed by atoms with Gasteiger partial charge in [0.05, 0.1) is 6.10 Å². The molecule has 4 N–H and O–H groups in total. The predicted molar refractivity (Wildman–Crippen MR) is 42.1 cm³/mol. The smallest absolute Gasteiger partial charge is 0.115 e. The number of aliphatic hydroxyl groups is 2. The lowest BCUT2D eigenvalue weighted by atomic mass is 10.1. The van der Waals surface area contributed by atoms with Crippen molar-refractivity contribution in [1.29, 1.82) is 0 Å². The summed E-state index contributed by atoms with van der Waals surface area (Å²) in [5.41, 5.74) is 5.63. The average molecular weight is 169 g/mol. The van der Waals surface area contributed by atoms with Gasteiger partial charge in [-0.2, -0.15) is 0 Å². The van der Waals surface area contributed by atoms with E-state index in [1.807, 2.05) is 0 Å². The number of rotatable bonds is 3. The van der Waals surface area contributed by atoms with Gasteiger partial charge in [0.25, 0.3) is 0 Å². The van der Waals surface area contributed by atoms with E-state index in [-0.39, 0.29) is 6.54 Å². The maximum absolute atomic E-state index is 9.38. The van der Waals surface area contributed by atoms with E-state index in [1.54, 1.807) is 0 Å². The highest BCUT2D eigenvalue weighted by atomic mass is 16.3. The van der Waals surface area contributed by atoms with Gasteiger partial charge >= 0.3 is 0 Å². The monoisotopic (exact) mass is 169 g/mol. The molecule has 0 spiro atoms. The molecule has 0 saturated carbocycles. The Labute approximate surface area is 69.9 Å². The molecule has 0 aliphatic carbocycles. The molecule has 0 fully saturated rings. The van der Waals surface area contributed by atoms with Crippen LogP contribution < -0.4 is 5.73 Å². The molecule has 5 nitrogen and oxygen atoms in total. The third-order valence-corrected chi connectivity index (χ3v) is 1.53. The lowest BCUT2D eigenvalue weighted by molar-refractivity contribution is 0.0239. The van der Waals surface area contributed by atoms with Crippen LogP contribution in [0.4, 0.5) is 0 Å². The highest BCUT2D eigenvalue weighted by Crippen LogP contribution is 2.12. The number of nitrogens with zero attached hydrogens (tertiary/aromatic N) is 2. The zero-order chi connectivity index (χ0) is 8.97. The maximum atomic E-state index is 9.38. The predicted octanol–water partition coefficient (Wildman–Crippen LogP) is -1.17. The Kier molecular flexibility index (Phi) is 3.09. The van der Waals surface area contributed by atoms with Crippen LogP contribution in [0, 0.1) is 0 Å². The molecule has 5 heteroatoms. The molecule has 2 atom stereocenters. The Morgan fingerprint density at radius 1 is 1.33 bits per heavy atom. The van der Waals surface area contributed by atoms with E-state index >= 15 is 0 Å². The van der Waals surface area contributed by atoms with Crippen LogP contribution >= 0.6 is 0 Å². The standard InChI is InChI=1S/C7H11N3O2/c8-1-6(11)7(12)5-2-9-4-10-3-5/h2-4,6-7,11-12H,1,8H2. The lowest BCUT2D eigenvalue weighted by Crippen LogP contribution is -2.27. The molecule has 0 aliphatic rings. The minimum absolute atomic E-state index is 0.00998. The molecule has 0 aliphatic heterocycles. The fourth-order valence-corrected chi connectivity index (χ4v) is 0.814. The van der Waals surface area contributed by atoms with Crippen LogP contribution in [0.25, 0.3) is 0 Å². The summed E-state index contributed by atoms with van der Waals surface area (Å²) >= 11 is 0. The second-order valence-corrected chi connectivity index (χ2v) is 2.42. The molecule has 2 unspecified atom stereocenters. The Bertz CT molecular complexity index is 229. The van der Waals surface area contributed by atoms with Gasteiger partial charge in [-0.1, -0.05) is 0 Å². The minimum Gasteiger partial charge on any atom is -0.389 e. The van der Waals surface area contributed by atoms with E-state index in [2.05, 4.69) is 9.97 Å². The first-order valence-electron chi connectivity index (χ1n) is 3.57. The molecule has 0 bridgehead atoms. The molecule has 1 heterocycles. The van der Waals surface area contributed by atoms with Gasteiger partial charge in [0.2, 0.25) is 0 Å². The minimum atomic E-state index is -1.00. The van der Waals surface area contributed by atoms with Crippen molar-refractivity contribution < 1.29 is 10.2 Å². The van der Waals surface area contributed by atoms with Crippen LogP contribution in [-0.2, 0) is 0 Å². The molecule has 66 valence electrons. The van der Waals surface area contributed by atoms with Gasteiger partial charge in [0, 0.05) is 24.5 Å². The van der Waals surface area contributed by atoms with Crippen LogP contribution in [0.2, 0.25) is 0 Å². The van der Waals surface area contributed by atoms with Crippen molar-refractivity contribution in [2.24, 2.45) is 5.73 Å². The van der Waals surface area contributed by atoms with E-state index in [0.717, 1.165) is 0 Å². The summed E-state index contributed by atoms with van der Waals surface area (Å²) in [6.07, 6.45) is 2.27. The van der Waals surface area contributed by atoms with E-state index in [0.29, 0.717) is 5.56 Å². The quantitative estimate of drug-likeness (QED) is 0.530. The highest BCUT2D eigenvalue weighted by Gasteiger charge is 2.16. The first kappa shape index (κ1) is 9.05. The fraction of sp³-hybridized carbons (Fsp3) is 0.429. The van der Waals surface area contributed by atoms with Crippen molar-refractivity contribution in [2.45, 2.75) is 12.2 Å². The summed E-state index contributed by atoms with van der Waals surface area (Å²) in [6.45, 7) is 0.00998. The van der Waals surface area contributed by atoms with E-state index < -0.39 is 12.2 Å². The summed E-state index contributed by atoms with van der Waals surface area (Å²) in [5, 5.41) is 18.5. The Morgan fingerprint density at radius 3 is 2.42 bits per heavy atom. The number of aliphatic hydroxyl groups excluding tert-OH is 2. The Hall–Kier alpha value is -1.04. The molecule has 1 aromatic heterocycles. The molecular formula is C7H11N3O2. The zero-order valence-electron chi connectivity index (χ0n) is 6.46. The second kappa shape index (κ2) is 4.10. The zero-order valence-corrected chi connectivity index (χ0v) is 6.46. The van der Waals surface area contributed by atoms with Crippen molar-refractivity contribution in [1.82, 2.24) is 9.97 Å². The summed E-state index contributed by atoms with van der Waals surface area (Å²) in [5.74, 6) is 0. The average Bonchev–Trinajstić information content (AvgIpc) is 2.17. The van der Waals surface area contributed by atoms with Crippen LogP contribution in [0.5, 0.6) is 0 Å². The molecule has 0 radical (unpaired) electrons. The van der Waals surface area contributed by atoms with Crippen molar-refractivity contribution in [3.63, 3.8) is 0 Å². The Balaban J connectivity index is 2.71. The molecular weight excluding hydrogens is 158 g/mol. The number of hydrogen-bond donors (Lipinski definition) is 3. The molecule has 1 aromatic rings. The van der Waals surface area contributed by atoms with E-state index in [4.69, 9.17) is 10.8 Å². The maximum Gasteiger partial charge on any atom is 0.115 e. The van der Waals surface area contributed by atoms with E-state index in [1.165, 1.54) is 18.7 Å². The van der Waals surface area contributed by atoms with Crippen LogP contribution in [0.1, 0.15) is 11.7 Å². The van der Waals surface area contributed by atoms with Crippen LogP contribution in [0.3, 0.4) is 0 Å². The van der Waals surface area contributed by atoms with Crippen molar-refractivity contribution in [2.75, 3.05) is 6.54 Å². The van der Waals surface area contributed by atoms with E-state index in [9.17, 15) is 5.11 Å². The molecule has 0 aromatic carbocycles. The van der Waals surface area contributed by atoms with Gasteiger partial charge in [-0.25, -0.2) is 9.97 Å². The molecule has 0 amide bonds. The molecule has 1 rings (SSSR count). The Morgan fingerprint density at radius 2 is 1.92 bits per heavy atom. The lowest BCUT2D eigenvalue weighted by Gasteiger charge is -2.14. The second-order valence-electron chi connectivity index (χ2n) is 2.42. The van der Waals surface area contributed by atoms with Gasteiger partial charge in [-0.05, 0) is 0 Å². The van der Waals surface area contributed by atoms with Gasteiger partial charge in [-0.3, -0.25) is 0 Å². The third-order valence-electron chi connectivity index (χ3n) is 1.53. The number of aromatic nitrogens is 2. The summed E-state index contributed by atoms with van der Waals surface area (Å²) in [7, 11) is 0. The number of hydrogen-bond acceptors (Lipinski definition) is 5. The first-order valence-corrected chi connectivity index (χ1v) is 3.57. The fourth-order valence-electron chi connectivity index (χ4n) is 0.814. The highest BCUT2D eigenvalue weighted by molar-refractivity contribution is 5.08. The third kappa shape index (κ3) is 1.97. The summed E-state index contributed by atoms with van der Waals surface area (Å²) in [4.78, 5) is 7.40. The van der Waals surface area contributed by atoms with Crippen LogP contribution in [-0.4, -0.2) is 32.8 Å². The van der Waals surface area contributed by atoms with Gasteiger partial charge in [-0.15, -0.1) is 0 Å². The number of nitrogens with two attached hydrogens (primary N) is 1.